The summed E-state index contributed by atoms with van der Waals surface area (Å²) < 4.78 is 73.8. The van der Waals surface area contributed by atoms with Crippen LogP contribution in [0.5, 0.6) is 0 Å². The average Bonchev–Trinajstić information content (AvgIpc) is 3.44. The Kier molecular flexibility index (Phi) is 6.12. The summed E-state index contributed by atoms with van der Waals surface area (Å²) in [7, 11) is -3.15. The maximum absolute atomic E-state index is 13.9. The van der Waals surface area contributed by atoms with Crippen molar-refractivity contribution in [1.29, 1.82) is 5.26 Å². The van der Waals surface area contributed by atoms with Gasteiger partial charge in [-0.25, -0.2) is 8.42 Å². The number of carbonyl (C=O) groups is 1. The number of carbonyl (C=O) groups excluding carboxylic acids is 1. The Balaban J connectivity index is 1.66. The zero-order valence-corrected chi connectivity index (χ0v) is 18.9. The van der Waals surface area contributed by atoms with Gasteiger partial charge in [-0.2, -0.15) is 28.6 Å². The normalized spacial score (nSPS) is 23.8. The molecule has 1 aromatic carbocycles. The van der Waals surface area contributed by atoms with Crippen molar-refractivity contribution >= 4 is 15.7 Å². The van der Waals surface area contributed by atoms with E-state index < -0.39 is 55.2 Å². The van der Waals surface area contributed by atoms with E-state index in [9.17, 15) is 31.6 Å². The van der Waals surface area contributed by atoms with Crippen molar-refractivity contribution in [2.24, 2.45) is 5.92 Å². The summed E-state index contributed by atoms with van der Waals surface area (Å²) >= 11 is 0. The van der Waals surface area contributed by atoms with Crippen LogP contribution in [0.15, 0.2) is 41.6 Å². The molecular weight excluding hydrogens is 473 g/mol. The largest absolute Gasteiger partial charge is 0.417 e. The van der Waals surface area contributed by atoms with Gasteiger partial charge in [-0.3, -0.25) is 4.79 Å². The summed E-state index contributed by atoms with van der Waals surface area (Å²) in [6.45, 7) is 0. The highest BCUT2D eigenvalue weighted by Crippen LogP contribution is 2.42. The number of nitrogens with one attached hydrogen (secondary N) is 1. The number of halogens is 3. The quantitative estimate of drug-likeness (QED) is 0.655. The Labute approximate surface area is 194 Å². The van der Waals surface area contributed by atoms with Gasteiger partial charge in [0.1, 0.15) is 5.54 Å². The number of alkyl halides is 3. The number of hydrogen-bond acceptors (Lipinski definition) is 7. The van der Waals surface area contributed by atoms with Crippen molar-refractivity contribution in [2.75, 3.05) is 7.11 Å². The Morgan fingerprint density at radius 3 is 2.50 bits per heavy atom. The molecule has 0 saturated heterocycles. The number of benzene rings is 1. The van der Waals surface area contributed by atoms with Crippen LogP contribution in [-0.2, 0) is 25.5 Å². The van der Waals surface area contributed by atoms with E-state index in [1.54, 1.807) is 0 Å². The summed E-state index contributed by atoms with van der Waals surface area (Å²) in [6.07, 6.45) is -2.48. The molecule has 34 heavy (non-hydrogen) atoms. The fourth-order valence-electron chi connectivity index (χ4n) is 4.28. The SMILES string of the molecule is CO[C@@H]1C[C@H](S(=O)(=O)c2ccc(-c3ccnnc3)cc2C(F)(F)F)C[C@H]1C(=O)NC1(C#N)CC1. The summed E-state index contributed by atoms with van der Waals surface area (Å²) in [6, 6.07) is 6.50. The molecule has 4 rings (SSSR count). The van der Waals surface area contributed by atoms with Crippen molar-refractivity contribution in [2.45, 2.75) is 53.6 Å². The molecule has 12 heteroatoms. The fourth-order valence-corrected chi connectivity index (χ4v) is 6.28. The van der Waals surface area contributed by atoms with Gasteiger partial charge in [-0.05, 0) is 49.4 Å². The van der Waals surface area contributed by atoms with Gasteiger partial charge >= 0.3 is 6.18 Å². The monoisotopic (exact) mass is 494 g/mol. The number of rotatable bonds is 6. The lowest BCUT2D eigenvalue weighted by Crippen LogP contribution is -2.42. The lowest BCUT2D eigenvalue weighted by molar-refractivity contribution is -0.139. The summed E-state index contributed by atoms with van der Waals surface area (Å²) in [5.74, 6) is -1.42. The first-order valence-corrected chi connectivity index (χ1v) is 12.0. The molecule has 0 spiro atoms. The van der Waals surface area contributed by atoms with Crippen LogP contribution in [0.2, 0.25) is 0 Å². The van der Waals surface area contributed by atoms with Crippen LogP contribution in [0.1, 0.15) is 31.2 Å². The number of sulfone groups is 1. The van der Waals surface area contributed by atoms with E-state index in [1.165, 1.54) is 31.6 Å². The zero-order chi connectivity index (χ0) is 24.7. The number of amides is 1. The van der Waals surface area contributed by atoms with E-state index in [0.717, 1.165) is 12.1 Å². The molecule has 1 amide bonds. The standard InChI is InChI=1S/C22H21F3N4O4S/c1-33-18-10-15(9-16(18)20(30)29-21(12-26)5-6-21)34(31,32)19-3-2-13(8-17(19)22(23,24)25)14-4-7-27-28-11-14/h2-4,7-8,11,15-16,18H,5-6,9-10H2,1H3,(H,29,30)/t15-,16-,18-/m1/s1. The lowest BCUT2D eigenvalue weighted by atomic mass is 10.0. The Morgan fingerprint density at radius 2 is 1.94 bits per heavy atom. The first kappa shape index (κ1) is 24.1. The third-order valence-electron chi connectivity index (χ3n) is 6.37. The lowest BCUT2D eigenvalue weighted by Gasteiger charge is -2.19. The molecule has 3 atom stereocenters. The Hall–Kier alpha value is -3.04. The number of hydrogen-bond donors (Lipinski definition) is 1. The second-order valence-electron chi connectivity index (χ2n) is 8.54. The predicted molar refractivity (Wildman–Crippen MR) is 113 cm³/mol. The van der Waals surface area contributed by atoms with Crippen molar-refractivity contribution in [3.63, 3.8) is 0 Å². The van der Waals surface area contributed by atoms with E-state index in [1.807, 2.05) is 6.07 Å². The van der Waals surface area contributed by atoms with Gasteiger partial charge in [0.05, 0.1) is 46.2 Å². The van der Waals surface area contributed by atoms with Crippen LogP contribution in [0, 0.1) is 17.2 Å². The van der Waals surface area contributed by atoms with Crippen LogP contribution in [-0.4, -0.2) is 48.5 Å². The molecule has 2 aliphatic rings. The molecule has 2 saturated carbocycles. The highest BCUT2D eigenvalue weighted by atomic mass is 32.2. The first-order chi connectivity index (χ1) is 16.0. The number of aromatic nitrogens is 2. The molecule has 2 aromatic rings. The van der Waals surface area contributed by atoms with E-state index in [2.05, 4.69) is 15.5 Å². The summed E-state index contributed by atoms with van der Waals surface area (Å²) in [5.41, 5.74) is -1.74. The van der Waals surface area contributed by atoms with Crippen LogP contribution in [0.3, 0.4) is 0 Å². The minimum atomic E-state index is -4.93. The Bertz CT molecular complexity index is 1240. The number of methoxy groups -OCH3 is 1. The van der Waals surface area contributed by atoms with Gasteiger partial charge < -0.3 is 10.1 Å². The smallest absolute Gasteiger partial charge is 0.381 e. The molecule has 2 fully saturated rings. The molecule has 0 aliphatic heterocycles. The molecule has 1 heterocycles. The van der Waals surface area contributed by atoms with Gasteiger partial charge in [0, 0.05) is 12.7 Å². The van der Waals surface area contributed by atoms with Crippen molar-refractivity contribution in [1.82, 2.24) is 15.5 Å². The highest BCUT2D eigenvalue weighted by molar-refractivity contribution is 7.92. The van der Waals surface area contributed by atoms with Gasteiger partial charge in [-0.1, -0.05) is 6.07 Å². The molecule has 0 unspecified atom stereocenters. The van der Waals surface area contributed by atoms with E-state index in [0.29, 0.717) is 18.4 Å². The number of nitriles is 1. The summed E-state index contributed by atoms with van der Waals surface area (Å²) in [4.78, 5) is 11.9. The van der Waals surface area contributed by atoms with Crippen LogP contribution >= 0.6 is 0 Å². The first-order valence-electron chi connectivity index (χ1n) is 10.5. The molecule has 1 aromatic heterocycles. The second kappa shape index (κ2) is 8.63. The minimum Gasteiger partial charge on any atom is -0.381 e. The van der Waals surface area contributed by atoms with Crippen molar-refractivity contribution in [3.05, 3.63) is 42.2 Å². The molecule has 0 bridgehead atoms. The zero-order valence-electron chi connectivity index (χ0n) is 18.0. The minimum absolute atomic E-state index is 0.135. The third-order valence-corrected chi connectivity index (χ3v) is 8.61. The van der Waals surface area contributed by atoms with Gasteiger partial charge in [0.15, 0.2) is 9.84 Å². The van der Waals surface area contributed by atoms with Gasteiger partial charge in [0.2, 0.25) is 5.91 Å². The fraction of sp³-hybridized carbons (Fsp3) is 0.455. The van der Waals surface area contributed by atoms with E-state index >= 15 is 0 Å². The molecule has 1 N–H and O–H groups in total. The van der Waals surface area contributed by atoms with Crippen LogP contribution in [0.25, 0.3) is 11.1 Å². The third kappa shape index (κ3) is 4.50. The van der Waals surface area contributed by atoms with E-state index in [-0.39, 0.29) is 18.4 Å². The molecular formula is C22H21F3N4O4S. The predicted octanol–water partition coefficient (Wildman–Crippen LogP) is 2.90. The summed E-state index contributed by atoms with van der Waals surface area (Å²) in [5, 5.41) is 17.8. The van der Waals surface area contributed by atoms with Crippen LogP contribution < -0.4 is 5.32 Å². The maximum atomic E-state index is 13.9. The molecule has 180 valence electrons. The van der Waals surface area contributed by atoms with Gasteiger partial charge in [0.25, 0.3) is 0 Å². The molecule has 8 nitrogen and oxygen atoms in total. The highest BCUT2D eigenvalue weighted by Gasteiger charge is 2.51. The number of nitrogens with zero attached hydrogens (tertiary/aromatic N) is 3. The number of ether oxygens (including phenoxy) is 1. The van der Waals surface area contributed by atoms with E-state index in [4.69, 9.17) is 4.74 Å². The Morgan fingerprint density at radius 1 is 1.21 bits per heavy atom. The maximum Gasteiger partial charge on any atom is 0.417 e. The topological polar surface area (TPSA) is 122 Å². The molecule has 0 radical (unpaired) electrons. The molecule has 2 aliphatic carbocycles. The second-order valence-corrected chi connectivity index (χ2v) is 10.7. The van der Waals surface area contributed by atoms with Crippen LogP contribution in [0.4, 0.5) is 13.2 Å². The van der Waals surface area contributed by atoms with Crippen molar-refractivity contribution < 1.29 is 31.1 Å². The average molecular weight is 494 g/mol. The van der Waals surface area contributed by atoms with Gasteiger partial charge in [-0.15, -0.1) is 0 Å². The van der Waals surface area contributed by atoms with Crippen molar-refractivity contribution in [3.8, 4) is 17.2 Å².